The van der Waals surface area contributed by atoms with Crippen LogP contribution in [-0.4, -0.2) is 138 Å². The highest BCUT2D eigenvalue weighted by atomic mass is 16.7. The Morgan fingerprint density at radius 2 is 1.51 bits per heavy atom. The zero-order valence-corrected chi connectivity index (χ0v) is 21.5. The minimum atomic E-state index is -1.71. The van der Waals surface area contributed by atoms with Crippen LogP contribution in [0.25, 0.3) is 0 Å². The van der Waals surface area contributed by atoms with Crippen molar-refractivity contribution in [1.82, 2.24) is 0 Å². The van der Waals surface area contributed by atoms with Gasteiger partial charge < -0.3 is 64.9 Å². The molecule has 2 aliphatic heterocycles. The van der Waals surface area contributed by atoms with Gasteiger partial charge in [0.05, 0.1) is 31.0 Å². The average Bonchev–Trinajstić information content (AvgIpc) is 2.80. The molecule has 37 heavy (non-hydrogen) atoms. The molecule has 0 aromatic carbocycles. The molecule has 0 unspecified atom stereocenters. The lowest BCUT2D eigenvalue weighted by atomic mass is 9.57. The minimum absolute atomic E-state index is 0.0776. The molecule has 0 aromatic heterocycles. The van der Waals surface area contributed by atoms with Crippen molar-refractivity contribution in [3.8, 4) is 0 Å². The van der Waals surface area contributed by atoms with Crippen molar-refractivity contribution in [2.75, 3.05) is 13.2 Å². The molecule has 0 bridgehead atoms. The van der Waals surface area contributed by atoms with E-state index in [-0.39, 0.29) is 19.4 Å². The van der Waals surface area contributed by atoms with Crippen molar-refractivity contribution in [3.05, 3.63) is 12.2 Å². The van der Waals surface area contributed by atoms with Gasteiger partial charge in [0.2, 0.25) is 0 Å². The fourth-order valence-electron chi connectivity index (χ4n) is 5.38. The van der Waals surface area contributed by atoms with Gasteiger partial charge in [-0.2, -0.15) is 0 Å². The van der Waals surface area contributed by atoms with Crippen LogP contribution < -0.4 is 0 Å². The molecule has 216 valence electrons. The van der Waals surface area contributed by atoms with Crippen LogP contribution >= 0.6 is 0 Å². The maximum absolute atomic E-state index is 11.4. The molecule has 13 nitrogen and oxygen atoms in total. The number of ether oxygens (including phenoxy) is 4. The van der Waals surface area contributed by atoms with Gasteiger partial charge in [-0.1, -0.05) is 26.0 Å². The fraction of sp³-hybridized carbons (Fsp3) is 0.917. The highest BCUT2D eigenvalue weighted by Crippen LogP contribution is 2.51. The second-order valence-electron chi connectivity index (χ2n) is 11.3. The monoisotopic (exact) mass is 538 g/mol. The third kappa shape index (κ3) is 6.19. The van der Waals surface area contributed by atoms with Crippen LogP contribution in [0.5, 0.6) is 0 Å². The first-order valence-corrected chi connectivity index (χ1v) is 12.5. The lowest BCUT2D eigenvalue weighted by molar-refractivity contribution is -0.337. The molecule has 1 aliphatic carbocycles. The number of aliphatic hydroxyl groups is 9. The third-order valence-electron chi connectivity index (χ3n) is 7.71. The summed E-state index contributed by atoms with van der Waals surface area (Å²) in [7, 11) is 0. The van der Waals surface area contributed by atoms with Gasteiger partial charge in [0.25, 0.3) is 0 Å². The van der Waals surface area contributed by atoms with E-state index >= 15 is 0 Å². The van der Waals surface area contributed by atoms with E-state index in [2.05, 4.69) is 0 Å². The van der Waals surface area contributed by atoms with Crippen LogP contribution in [-0.2, 0) is 18.9 Å². The van der Waals surface area contributed by atoms with Crippen molar-refractivity contribution >= 4 is 0 Å². The molecule has 2 heterocycles. The molecule has 3 aliphatic rings. The molecule has 3 rings (SSSR count). The molecule has 0 radical (unpaired) electrons. The summed E-state index contributed by atoms with van der Waals surface area (Å²) >= 11 is 0. The highest BCUT2D eigenvalue weighted by Gasteiger charge is 2.60. The first kappa shape index (κ1) is 30.8. The summed E-state index contributed by atoms with van der Waals surface area (Å²) in [6, 6.07) is 0. The Labute approximate surface area is 215 Å². The summed E-state index contributed by atoms with van der Waals surface area (Å²) in [5, 5.41) is 92.9. The van der Waals surface area contributed by atoms with Crippen molar-refractivity contribution in [2.24, 2.45) is 5.41 Å². The quantitative estimate of drug-likeness (QED) is 0.147. The summed E-state index contributed by atoms with van der Waals surface area (Å²) in [4.78, 5) is 0. The molecule has 9 N–H and O–H groups in total. The van der Waals surface area contributed by atoms with Crippen LogP contribution in [0.3, 0.4) is 0 Å². The van der Waals surface area contributed by atoms with Gasteiger partial charge in [-0.05, 0) is 20.3 Å². The van der Waals surface area contributed by atoms with Gasteiger partial charge in [0.1, 0.15) is 48.3 Å². The maximum Gasteiger partial charge on any atom is 0.186 e. The van der Waals surface area contributed by atoms with E-state index in [1.54, 1.807) is 13.8 Å². The van der Waals surface area contributed by atoms with E-state index in [9.17, 15) is 46.0 Å². The van der Waals surface area contributed by atoms with Crippen LogP contribution in [0.15, 0.2) is 12.2 Å². The maximum atomic E-state index is 11.4. The summed E-state index contributed by atoms with van der Waals surface area (Å²) in [6.45, 7) is 5.68. The molecule has 13 heteroatoms. The predicted octanol–water partition coefficient (Wildman–Crippen LogP) is -3.13. The number of aliphatic hydroxyl groups excluding tert-OH is 7. The second-order valence-corrected chi connectivity index (χ2v) is 11.3. The van der Waals surface area contributed by atoms with Gasteiger partial charge >= 0.3 is 0 Å². The number of hydrogen-bond acceptors (Lipinski definition) is 13. The van der Waals surface area contributed by atoms with Crippen LogP contribution in [0.4, 0.5) is 0 Å². The van der Waals surface area contributed by atoms with Crippen molar-refractivity contribution in [2.45, 2.75) is 119 Å². The lowest BCUT2D eigenvalue weighted by Crippen LogP contribution is -2.66. The Kier molecular flexibility index (Phi) is 9.45. The zero-order valence-electron chi connectivity index (χ0n) is 21.5. The average molecular weight is 539 g/mol. The lowest BCUT2D eigenvalue weighted by Gasteiger charge is -2.56. The summed E-state index contributed by atoms with van der Waals surface area (Å²) in [6.07, 6.45) is -12.0. The van der Waals surface area contributed by atoms with Gasteiger partial charge in [0.15, 0.2) is 12.6 Å². The Bertz CT molecular complexity index is 769. The topological polar surface area (TPSA) is 219 Å². The van der Waals surface area contributed by atoms with Gasteiger partial charge in [-0.15, -0.1) is 0 Å². The molecular weight excluding hydrogens is 496 g/mol. The second kappa shape index (κ2) is 11.4. The van der Waals surface area contributed by atoms with E-state index in [0.717, 1.165) is 0 Å². The van der Waals surface area contributed by atoms with E-state index in [0.29, 0.717) is 0 Å². The largest absolute Gasteiger partial charge is 0.389 e. The van der Waals surface area contributed by atoms with Crippen LogP contribution in [0.1, 0.15) is 40.5 Å². The SMILES string of the molecule is C[C@@H](O)/C=C/[C@@]1(O)C(C)(C)C[C@H](O[C@H]2O[C@H](CO[C@H]3OC[C@H](O)[C@H](O)[C@@H]3O)[C@H](O)[C@H](O)[C@H]2O)C[C@@]1(C)O. The molecule has 1 saturated carbocycles. The smallest absolute Gasteiger partial charge is 0.186 e. The summed E-state index contributed by atoms with van der Waals surface area (Å²) in [5.41, 5.74) is -4.37. The van der Waals surface area contributed by atoms with Gasteiger partial charge in [-0.3, -0.25) is 0 Å². The standard InChI is InChI=1S/C24H42O13/c1-11(25)5-6-24(33)22(2,3)7-12(8-23(24,4)32)36-21-19(31)17(29)16(28)14(37-21)10-35-20-18(30)15(27)13(26)9-34-20/h5-6,11-21,25-33H,7-10H2,1-4H3/b6-5+/t11-,12+,13+,14-,15+,16+,17+,18+,19-,20-,21+,23-,24-/m1/s1. The van der Waals surface area contributed by atoms with Crippen molar-refractivity contribution in [3.63, 3.8) is 0 Å². The van der Waals surface area contributed by atoms with Crippen LogP contribution in [0, 0.1) is 5.41 Å². The molecule has 0 spiro atoms. The Morgan fingerprint density at radius 3 is 2.11 bits per heavy atom. The number of hydrogen-bond donors (Lipinski definition) is 9. The van der Waals surface area contributed by atoms with E-state index in [4.69, 9.17) is 18.9 Å². The van der Waals surface area contributed by atoms with Crippen molar-refractivity contribution < 1.29 is 64.9 Å². The van der Waals surface area contributed by atoms with E-state index in [1.807, 2.05) is 0 Å². The minimum Gasteiger partial charge on any atom is -0.389 e. The predicted molar refractivity (Wildman–Crippen MR) is 125 cm³/mol. The van der Waals surface area contributed by atoms with E-state index < -0.39 is 90.7 Å². The Balaban J connectivity index is 1.68. The molecule has 3 fully saturated rings. The summed E-state index contributed by atoms with van der Waals surface area (Å²) < 4.78 is 22.2. The Hall–Kier alpha value is -0.780. The highest BCUT2D eigenvalue weighted by molar-refractivity contribution is 5.21. The molecule has 0 aromatic rings. The molecular formula is C24H42O13. The van der Waals surface area contributed by atoms with E-state index in [1.165, 1.54) is 26.0 Å². The van der Waals surface area contributed by atoms with Crippen molar-refractivity contribution in [1.29, 1.82) is 0 Å². The van der Waals surface area contributed by atoms with Gasteiger partial charge in [-0.25, -0.2) is 0 Å². The van der Waals surface area contributed by atoms with Crippen LogP contribution in [0.2, 0.25) is 0 Å². The molecule has 2 saturated heterocycles. The first-order chi connectivity index (χ1) is 17.0. The van der Waals surface area contributed by atoms with Gasteiger partial charge in [0, 0.05) is 11.8 Å². The summed E-state index contributed by atoms with van der Waals surface area (Å²) in [5.74, 6) is 0. The third-order valence-corrected chi connectivity index (χ3v) is 7.71. The number of rotatable bonds is 7. The molecule has 13 atom stereocenters. The zero-order chi connectivity index (χ0) is 27.9. The first-order valence-electron chi connectivity index (χ1n) is 12.5. The fourth-order valence-corrected chi connectivity index (χ4v) is 5.38. The normalized spacial score (nSPS) is 49.8. The molecule has 0 amide bonds. The Morgan fingerprint density at radius 1 is 0.892 bits per heavy atom.